The maximum absolute atomic E-state index is 5.79. The maximum Gasteiger partial charge on any atom is 0.137 e. The minimum Gasteiger partial charge on any atom is -0.487 e. The number of fused-ring (bicyclic) bond motifs is 1. The standard InChI is InChI=1S/C14H16BrNO/c1-16(2)9-10-17-13-8-7-11-5-3-4-6-12(11)14(13)15/h3-8H,9-10H2,1-2H3/p+1. The lowest BCUT2D eigenvalue weighted by Gasteiger charge is -2.11. The van der Waals surface area contributed by atoms with Gasteiger partial charge >= 0.3 is 0 Å². The summed E-state index contributed by atoms with van der Waals surface area (Å²) in [6, 6.07) is 12.4. The van der Waals surface area contributed by atoms with Gasteiger partial charge in [-0.05, 0) is 32.8 Å². The van der Waals surface area contributed by atoms with E-state index in [1.54, 1.807) is 0 Å². The zero-order valence-electron chi connectivity index (χ0n) is 10.2. The van der Waals surface area contributed by atoms with Crippen LogP contribution in [0, 0.1) is 0 Å². The maximum atomic E-state index is 5.79. The van der Waals surface area contributed by atoms with Crippen molar-refractivity contribution in [1.29, 1.82) is 0 Å². The van der Waals surface area contributed by atoms with Gasteiger partial charge in [0.1, 0.15) is 18.9 Å². The number of rotatable bonds is 4. The molecule has 2 rings (SSSR count). The predicted octanol–water partition coefficient (Wildman–Crippen LogP) is 2.13. The van der Waals surface area contributed by atoms with Crippen LogP contribution < -0.4 is 9.64 Å². The molecule has 0 amide bonds. The lowest BCUT2D eigenvalue weighted by molar-refractivity contribution is -0.858. The van der Waals surface area contributed by atoms with E-state index in [0.29, 0.717) is 0 Å². The summed E-state index contributed by atoms with van der Waals surface area (Å²) in [5, 5.41) is 2.42. The normalized spacial score (nSPS) is 11.1. The van der Waals surface area contributed by atoms with E-state index in [1.807, 2.05) is 18.2 Å². The molecule has 3 heteroatoms. The number of hydrogen-bond acceptors (Lipinski definition) is 1. The summed E-state index contributed by atoms with van der Waals surface area (Å²) in [7, 11) is 4.25. The Morgan fingerprint density at radius 3 is 2.65 bits per heavy atom. The van der Waals surface area contributed by atoms with Crippen LogP contribution in [-0.4, -0.2) is 27.2 Å². The van der Waals surface area contributed by atoms with Crippen molar-refractivity contribution in [2.75, 3.05) is 27.2 Å². The fourth-order valence-corrected chi connectivity index (χ4v) is 2.30. The Labute approximate surface area is 110 Å². The van der Waals surface area contributed by atoms with E-state index in [0.717, 1.165) is 23.4 Å². The lowest BCUT2D eigenvalue weighted by Crippen LogP contribution is -3.06. The molecule has 0 fully saturated rings. The molecule has 0 aliphatic carbocycles. The third-order valence-electron chi connectivity index (χ3n) is 2.69. The molecular weight excluding hydrogens is 278 g/mol. The third kappa shape index (κ3) is 2.99. The number of ether oxygens (including phenoxy) is 1. The lowest BCUT2D eigenvalue weighted by atomic mass is 10.1. The molecule has 0 saturated heterocycles. The van der Waals surface area contributed by atoms with E-state index in [9.17, 15) is 0 Å². The average Bonchev–Trinajstić information content (AvgIpc) is 2.32. The number of likely N-dealkylation sites (N-methyl/N-ethyl adjacent to an activating group) is 1. The topological polar surface area (TPSA) is 13.7 Å². The van der Waals surface area contributed by atoms with Crippen LogP contribution in [0.25, 0.3) is 10.8 Å². The van der Waals surface area contributed by atoms with Crippen LogP contribution in [0.4, 0.5) is 0 Å². The fraction of sp³-hybridized carbons (Fsp3) is 0.286. The summed E-state index contributed by atoms with van der Waals surface area (Å²) in [5.41, 5.74) is 0. The summed E-state index contributed by atoms with van der Waals surface area (Å²) in [5.74, 6) is 0.921. The van der Waals surface area contributed by atoms with Crippen molar-refractivity contribution in [1.82, 2.24) is 0 Å². The third-order valence-corrected chi connectivity index (χ3v) is 3.51. The monoisotopic (exact) mass is 294 g/mol. The van der Waals surface area contributed by atoms with E-state index >= 15 is 0 Å². The van der Waals surface area contributed by atoms with E-state index in [4.69, 9.17) is 4.74 Å². The SMILES string of the molecule is C[NH+](C)CCOc1ccc2ccccc2c1Br. The van der Waals surface area contributed by atoms with Gasteiger partial charge in [-0.1, -0.05) is 30.3 Å². The summed E-state index contributed by atoms with van der Waals surface area (Å²) in [6.07, 6.45) is 0. The fourth-order valence-electron chi connectivity index (χ4n) is 1.69. The highest BCUT2D eigenvalue weighted by atomic mass is 79.9. The second-order valence-corrected chi connectivity index (χ2v) is 5.20. The molecule has 2 aromatic carbocycles. The van der Waals surface area contributed by atoms with Crippen molar-refractivity contribution in [2.45, 2.75) is 0 Å². The Bertz CT molecular complexity index is 511. The van der Waals surface area contributed by atoms with Crippen LogP contribution in [0.2, 0.25) is 0 Å². The van der Waals surface area contributed by atoms with Crippen molar-refractivity contribution in [3.8, 4) is 5.75 Å². The Morgan fingerprint density at radius 2 is 1.88 bits per heavy atom. The molecule has 0 bridgehead atoms. The second kappa shape index (κ2) is 5.52. The first kappa shape index (κ1) is 12.4. The highest BCUT2D eigenvalue weighted by Gasteiger charge is 2.06. The number of quaternary nitrogens is 1. The Morgan fingerprint density at radius 1 is 1.12 bits per heavy atom. The molecule has 90 valence electrons. The van der Waals surface area contributed by atoms with Crippen molar-refractivity contribution in [3.05, 3.63) is 40.9 Å². The van der Waals surface area contributed by atoms with Gasteiger partial charge in [0.15, 0.2) is 0 Å². The van der Waals surface area contributed by atoms with Crippen molar-refractivity contribution >= 4 is 26.7 Å². The minimum absolute atomic E-state index is 0.735. The number of nitrogens with one attached hydrogen (secondary N) is 1. The van der Waals surface area contributed by atoms with Crippen molar-refractivity contribution in [2.24, 2.45) is 0 Å². The van der Waals surface area contributed by atoms with Crippen LogP contribution in [0.5, 0.6) is 5.75 Å². The van der Waals surface area contributed by atoms with Crippen LogP contribution in [-0.2, 0) is 0 Å². The van der Waals surface area contributed by atoms with Crippen LogP contribution in [0.3, 0.4) is 0 Å². The zero-order valence-corrected chi connectivity index (χ0v) is 11.8. The van der Waals surface area contributed by atoms with E-state index in [1.165, 1.54) is 15.7 Å². The number of halogens is 1. The first-order valence-electron chi connectivity index (χ1n) is 5.77. The molecule has 1 N–H and O–H groups in total. The molecule has 0 aromatic heterocycles. The quantitative estimate of drug-likeness (QED) is 0.912. The van der Waals surface area contributed by atoms with Gasteiger partial charge in [0.25, 0.3) is 0 Å². The van der Waals surface area contributed by atoms with Crippen molar-refractivity contribution in [3.63, 3.8) is 0 Å². The molecule has 0 saturated carbocycles. The van der Waals surface area contributed by atoms with Gasteiger partial charge in [0, 0.05) is 0 Å². The molecule has 0 spiro atoms. The highest BCUT2D eigenvalue weighted by Crippen LogP contribution is 2.32. The summed E-state index contributed by atoms with van der Waals surface area (Å²) < 4.78 is 6.83. The van der Waals surface area contributed by atoms with Gasteiger partial charge in [-0.15, -0.1) is 0 Å². The predicted molar refractivity (Wildman–Crippen MR) is 74.8 cm³/mol. The van der Waals surface area contributed by atoms with Gasteiger partial charge in [-0.3, -0.25) is 0 Å². The van der Waals surface area contributed by atoms with Gasteiger partial charge in [0.05, 0.1) is 18.6 Å². The molecule has 2 aromatic rings. The molecule has 0 aliphatic heterocycles. The van der Waals surface area contributed by atoms with Gasteiger partial charge < -0.3 is 9.64 Å². The molecule has 0 radical (unpaired) electrons. The van der Waals surface area contributed by atoms with Gasteiger partial charge in [-0.2, -0.15) is 0 Å². The minimum atomic E-state index is 0.735. The van der Waals surface area contributed by atoms with Crippen LogP contribution in [0.15, 0.2) is 40.9 Å². The Kier molecular flexibility index (Phi) is 4.02. The zero-order chi connectivity index (χ0) is 12.3. The second-order valence-electron chi connectivity index (χ2n) is 4.40. The average molecular weight is 295 g/mol. The summed E-state index contributed by atoms with van der Waals surface area (Å²) in [6.45, 7) is 1.73. The Hall–Kier alpha value is -1.06. The molecule has 0 unspecified atom stereocenters. The van der Waals surface area contributed by atoms with Crippen LogP contribution >= 0.6 is 15.9 Å². The molecular formula is C14H17BrNO+. The smallest absolute Gasteiger partial charge is 0.137 e. The Balaban J connectivity index is 2.21. The molecule has 0 atom stereocenters. The highest BCUT2D eigenvalue weighted by molar-refractivity contribution is 9.10. The van der Waals surface area contributed by atoms with E-state index in [-0.39, 0.29) is 0 Å². The molecule has 2 nitrogen and oxygen atoms in total. The van der Waals surface area contributed by atoms with Gasteiger partial charge in [-0.25, -0.2) is 0 Å². The molecule has 0 aliphatic rings. The van der Waals surface area contributed by atoms with Crippen molar-refractivity contribution < 1.29 is 9.64 Å². The summed E-state index contributed by atoms with van der Waals surface area (Å²) in [4.78, 5) is 1.39. The number of hydrogen-bond donors (Lipinski definition) is 1. The van der Waals surface area contributed by atoms with Gasteiger partial charge in [0.2, 0.25) is 0 Å². The van der Waals surface area contributed by atoms with E-state index in [2.05, 4.69) is 48.2 Å². The molecule has 0 heterocycles. The van der Waals surface area contributed by atoms with E-state index < -0.39 is 0 Å². The largest absolute Gasteiger partial charge is 0.487 e. The first-order valence-corrected chi connectivity index (χ1v) is 6.57. The summed E-state index contributed by atoms with van der Waals surface area (Å²) >= 11 is 3.62. The first-order chi connectivity index (χ1) is 8.18. The van der Waals surface area contributed by atoms with Crippen LogP contribution in [0.1, 0.15) is 0 Å². The molecule has 17 heavy (non-hydrogen) atoms. The number of benzene rings is 2.